The second kappa shape index (κ2) is 5.81. The van der Waals surface area contributed by atoms with Crippen LogP contribution in [0.25, 0.3) is 16.9 Å². The first-order chi connectivity index (χ1) is 11.0. The fourth-order valence-electron chi connectivity index (χ4n) is 2.79. The molecule has 0 fully saturated rings. The number of fused-ring (bicyclic) bond motifs is 1. The van der Waals surface area contributed by atoms with E-state index in [0.29, 0.717) is 18.6 Å². The number of nitro groups is 1. The zero-order valence-corrected chi connectivity index (χ0v) is 13.1. The maximum absolute atomic E-state index is 11.0. The van der Waals surface area contributed by atoms with E-state index in [9.17, 15) is 10.1 Å². The summed E-state index contributed by atoms with van der Waals surface area (Å²) in [7, 11) is 0. The number of imidazole rings is 1. The van der Waals surface area contributed by atoms with E-state index < -0.39 is 4.92 Å². The third-order valence-electron chi connectivity index (χ3n) is 4.15. The molecule has 0 unspecified atom stereocenters. The van der Waals surface area contributed by atoms with E-state index in [4.69, 9.17) is 5.73 Å². The largest absolute Gasteiger partial charge is 0.330 e. The Morgan fingerprint density at radius 1 is 1.26 bits per heavy atom. The van der Waals surface area contributed by atoms with Gasteiger partial charge in [-0.15, -0.1) is 0 Å². The number of nitrogens with zero attached hydrogens (tertiary/aromatic N) is 3. The van der Waals surface area contributed by atoms with E-state index in [0.717, 1.165) is 22.5 Å². The molecule has 0 saturated heterocycles. The standard InChI is InChI=1S/C17H18N4O2/c1-11-4-3-5-14(12(11)2)17-15(8-9-18)20-10-13(21(22)23)6-7-16(20)19-17/h3-7,10H,8-9,18H2,1-2H3. The number of hydrogen-bond donors (Lipinski definition) is 1. The third kappa shape index (κ3) is 2.57. The van der Waals surface area contributed by atoms with Gasteiger partial charge in [0, 0.05) is 18.1 Å². The number of aromatic nitrogens is 2. The highest BCUT2D eigenvalue weighted by Gasteiger charge is 2.17. The minimum Gasteiger partial charge on any atom is -0.330 e. The Bertz CT molecular complexity index is 899. The van der Waals surface area contributed by atoms with Crippen molar-refractivity contribution in [1.29, 1.82) is 0 Å². The molecule has 0 atom stereocenters. The van der Waals surface area contributed by atoms with Gasteiger partial charge in [0.25, 0.3) is 5.69 Å². The van der Waals surface area contributed by atoms with Crippen molar-refractivity contribution in [3.05, 3.63) is 63.5 Å². The molecular weight excluding hydrogens is 292 g/mol. The van der Waals surface area contributed by atoms with E-state index in [1.807, 2.05) is 12.1 Å². The van der Waals surface area contributed by atoms with E-state index in [1.54, 1.807) is 10.5 Å². The van der Waals surface area contributed by atoms with Gasteiger partial charge in [-0.3, -0.25) is 14.5 Å². The molecule has 0 bridgehead atoms. The molecule has 2 N–H and O–H groups in total. The number of pyridine rings is 1. The van der Waals surface area contributed by atoms with Gasteiger partial charge < -0.3 is 5.73 Å². The summed E-state index contributed by atoms with van der Waals surface area (Å²) in [5.74, 6) is 0. The first-order valence-electron chi connectivity index (χ1n) is 7.45. The topological polar surface area (TPSA) is 86.5 Å². The monoisotopic (exact) mass is 310 g/mol. The zero-order chi connectivity index (χ0) is 16.6. The summed E-state index contributed by atoms with van der Waals surface area (Å²) in [5.41, 5.74) is 11.6. The molecule has 0 spiro atoms. The average molecular weight is 310 g/mol. The van der Waals surface area contributed by atoms with Crippen LogP contribution in [0.3, 0.4) is 0 Å². The highest BCUT2D eigenvalue weighted by Crippen LogP contribution is 2.30. The van der Waals surface area contributed by atoms with Crippen LogP contribution in [0, 0.1) is 24.0 Å². The SMILES string of the molecule is Cc1cccc(-c2nc3ccc([N+](=O)[O-])cn3c2CCN)c1C. The van der Waals surface area contributed by atoms with Crippen molar-refractivity contribution in [3.8, 4) is 11.3 Å². The molecular formula is C17H18N4O2. The predicted molar refractivity (Wildman–Crippen MR) is 89.5 cm³/mol. The molecule has 6 heteroatoms. The first kappa shape index (κ1) is 15.2. The minimum atomic E-state index is -0.400. The normalized spacial score (nSPS) is 11.1. The second-order valence-corrected chi connectivity index (χ2v) is 5.57. The van der Waals surface area contributed by atoms with Gasteiger partial charge in [0.15, 0.2) is 0 Å². The quantitative estimate of drug-likeness (QED) is 0.593. The van der Waals surface area contributed by atoms with Gasteiger partial charge in [0.2, 0.25) is 0 Å². The van der Waals surface area contributed by atoms with Crippen LogP contribution in [0.5, 0.6) is 0 Å². The lowest BCUT2D eigenvalue weighted by Gasteiger charge is -2.08. The van der Waals surface area contributed by atoms with Gasteiger partial charge in [-0.1, -0.05) is 18.2 Å². The molecule has 0 radical (unpaired) electrons. The molecule has 1 aromatic carbocycles. The Morgan fingerprint density at radius 2 is 2.04 bits per heavy atom. The number of hydrogen-bond acceptors (Lipinski definition) is 4. The Morgan fingerprint density at radius 3 is 2.74 bits per heavy atom. The van der Waals surface area contributed by atoms with Crippen molar-refractivity contribution in [2.45, 2.75) is 20.3 Å². The van der Waals surface area contributed by atoms with Gasteiger partial charge in [-0.2, -0.15) is 0 Å². The zero-order valence-electron chi connectivity index (χ0n) is 13.1. The van der Waals surface area contributed by atoms with Crippen molar-refractivity contribution < 1.29 is 4.92 Å². The highest BCUT2D eigenvalue weighted by atomic mass is 16.6. The Kier molecular flexibility index (Phi) is 3.83. The van der Waals surface area contributed by atoms with Crippen molar-refractivity contribution in [2.75, 3.05) is 6.54 Å². The van der Waals surface area contributed by atoms with Crippen LogP contribution in [0.1, 0.15) is 16.8 Å². The number of aryl methyl sites for hydroxylation is 1. The molecule has 118 valence electrons. The third-order valence-corrected chi connectivity index (χ3v) is 4.15. The van der Waals surface area contributed by atoms with Crippen LogP contribution in [0.2, 0.25) is 0 Å². The van der Waals surface area contributed by atoms with Gasteiger partial charge in [-0.25, -0.2) is 4.98 Å². The van der Waals surface area contributed by atoms with Crippen LogP contribution >= 0.6 is 0 Å². The molecule has 2 aromatic heterocycles. The Hall–Kier alpha value is -2.73. The molecule has 0 aliphatic carbocycles. The van der Waals surface area contributed by atoms with E-state index in [-0.39, 0.29) is 5.69 Å². The maximum Gasteiger partial charge on any atom is 0.286 e. The fourth-order valence-corrected chi connectivity index (χ4v) is 2.79. The molecule has 3 aromatic rings. The van der Waals surface area contributed by atoms with Crippen molar-refractivity contribution in [2.24, 2.45) is 5.73 Å². The predicted octanol–water partition coefficient (Wildman–Crippen LogP) is 3.03. The van der Waals surface area contributed by atoms with Crippen LogP contribution in [0.15, 0.2) is 36.5 Å². The van der Waals surface area contributed by atoms with Crippen LogP contribution in [-0.4, -0.2) is 20.9 Å². The summed E-state index contributed by atoms with van der Waals surface area (Å²) in [5, 5.41) is 11.0. The number of rotatable bonds is 4. The van der Waals surface area contributed by atoms with Crippen molar-refractivity contribution in [1.82, 2.24) is 9.38 Å². The molecule has 0 saturated carbocycles. The highest BCUT2D eigenvalue weighted by molar-refractivity contribution is 5.71. The second-order valence-electron chi connectivity index (χ2n) is 5.57. The lowest BCUT2D eigenvalue weighted by molar-refractivity contribution is -0.385. The maximum atomic E-state index is 11.0. The van der Waals surface area contributed by atoms with Crippen molar-refractivity contribution in [3.63, 3.8) is 0 Å². The summed E-state index contributed by atoms with van der Waals surface area (Å²) in [6, 6.07) is 9.23. The van der Waals surface area contributed by atoms with Crippen LogP contribution < -0.4 is 5.73 Å². The van der Waals surface area contributed by atoms with Crippen LogP contribution in [0.4, 0.5) is 5.69 Å². The Balaban J connectivity index is 2.30. The smallest absolute Gasteiger partial charge is 0.286 e. The molecule has 0 amide bonds. The molecule has 0 aliphatic rings. The molecule has 3 rings (SSSR count). The summed E-state index contributed by atoms with van der Waals surface area (Å²) in [6.07, 6.45) is 2.12. The molecule has 23 heavy (non-hydrogen) atoms. The molecule has 2 heterocycles. The Labute approximate surface area is 133 Å². The summed E-state index contributed by atoms with van der Waals surface area (Å²) < 4.78 is 1.78. The summed E-state index contributed by atoms with van der Waals surface area (Å²) in [6.45, 7) is 4.57. The molecule has 0 aliphatic heterocycles. The van der Waals surface area contributed by atoms with Gasteiger partial charge in [0.1, 0.15) is 5.65 Å². The van der Waals surface area contributed by atoms with E-state index >= 15 is 0 Å². The summed E-state index contributed by atoms with van der Waals surface area (Å²) in [4.78, 5) is 15.3. The summed E-state index contributed by atoms with van der Waals surface area (Å²) >= 11 is 0. The van der Waals surface area contributed by atoms with Crippen molar-refractivity contribution >= 4 is 11.3 Å². The van der Waals surface area contributed by atoms with Crippen LogP contribution in [-0.2, 0) is 6.42 Å². The minimum absolute atomic E-state index is 0.0423. The van der Waals surface area contributed by atoms with Gasteiger partial charge in [-0.05, 0) is 37.6 Å². The lowest BCUT2D eigenvalue weighted by Crippen LogP contribution is -2.07. The lowest BCUT2D eigenvalue weighted by atomic mass is 9.99. The first-order valence-corrected chi connectivity index (χ1v) is 7.45. The van der Waals surface area contributed by atoms with Gasteiger partial charge in [0.05, 0.1) is 22.5 Å². The van der Waals surface area contributed by atoms with E-state index in [1.165, 1.54) is 17.8 Å². The number of nitrogens with two attached hydrogens (primary N) is 1. The van der Waals surface area contributed by atoms with E-state index in [2.05, 4.69) is 24.9 Å². The molecule has 6 nitrogen and oxygen atoms in total. The average Bonchev–Trinajstić information content (AvgIpc) is 2.88. The number of benzene rings is 1. The van der Waals surface area contributed by atoms with Gasteiger partial charge >= 0.3 is 0 Å². The fraction of sp³-hybridized carbons (Fsp3) is 0.235.